The molecule has 0 radical (unpaired) electrons. The molecule has 23 heavy (non-hydrogen) atoms. The fraction of sp³-hybridized carbons (Fsp3) is 0.438. The van der Waals surface area contributed by atoms with Crippen molar-refractivity contribution in [3.63, 3.8) is 0 Å². The van der Waals surface area contributed by atoms with Crippen molar-refractivity contribution in [2.45, 2.75) is 16.9 Å². The molecule has 122 valence electrons. The molecule has 0 saturated carbocycles. The highest BCUT2D eigenvalue weighted by Gasteiger charge is 2.49. The van der Waals surface area contributed by atoms with Crippen molar-refractivity contribution in [3.05, 3.63) is 36.5 Å². The number of ether oxygens (including phenoxy) is 2. The number of aromatic nitrogens is 1. The summed E-state index contributed by atoms with van der Waals surface area (Å²) in [6.07, 6.45) is 2.28. The number of rotatable bonds is 2. The largest absolute Gasteiger partial charge is 0.379 e. The number of sulfonamides is 1. The van der Waals surface area contributed by atoms with E-state index in [-0.39, 0.29) is 4.90 Å². The van der Waals surface area contributed by atoms with Gasteiger partial charge in [0, 0.05) is 24.7 Å². The van der Waals surface area contributed by atoms with Crippen molar-refractivity contribution in [1.82, 2.24) is 9.29 Å². The second-order valence-corrected chi connectivity index (χ2v) is 7.82. The monoisotopic (exact) mass is 334 g/mol. The highest BCUT2D eigenvalue weighted by molar-refractivity contribution is 7.89. The summed E-state index contributed by atoms with van der Waals surface area (Å²) < 4.78 is 39.3. The van der Waals surface area contributed by atoms with E-state index in [1.54, 1.807) is 28.7 Å². The van der Waals surface area contributed by atoms with Gasteiger partial charge in [-0.2, -0.15) is 4.31 Å². The van der Waals surface area contributed by atoms with Crippen LogP contribution in [0.25, 0.3) is 10.9 Å². The summed E-state index contributed by atoms with van der Waals surface area (Å²) in [5.74, 6) is 0. The Hall–Kier alpha value is -1.54. The van der Waals surface area contributed by atoms with E-state index in [2.05, 4.69) is 4.98 Å². The lowest BCUT2D eigenvalue weighted by Gasteiger charge is -2.42. The molecule has 6 nitrogen and oxygen atoms in total. The Bertz CT molecular complexity index is 826. The molecule has 0 unspecified atom stereocenters. The van der Waals surface area contributed by atoms with Crippen molar-refractivity contribution < 1.29 is 17.9 Å². The molecule has 0 amide bonds. The summed E-state index contributed by atoms with van der Waals surface area (Å²) in [5, 5.41) is 0.818. The Morgan fingerprint density at radius 3 is 2.65 bits per heavy atom. The quantitative estimate of drug-likeness (QED) is 0.831. The van der Waals surface area contributed by atoms with Gasteiger partial charge in [0.15, 0.2) is 0 Å². The van der Waals surface area contributed by atoms with Gasteiger partial charge in [0.1, 0.15) is 4.90 Å². The highest BCUT2D eigenvalue weighted by Crippen LogP contribution is 2.35. The average Bonchev–Trinajstić information content (AvgIpc) is 3.03. The Labute approximate surface area is 135 Å². The number of nitrogens with zero attached hydrogens (tertiary/aromatic N) is 2. The molecule has 3 heterocycles. The molecular formula is C16H18N2O4S. The summed E-state index contributed by atoms with van der Waals surface area (Å²) in [6.45, 7) is 2.06. The molecule has 2 saturated heterocycles. The second-order valence-electron chi connectivity index (χ2n) is 5.99. The fourth-order valence-corrected chi connectivity index (χ4v) is 5.33. The molecule has 2 aromatic rings. The lowest BCUT2D eigenvalue weighted by Crippen LogP contribution is -2.59. The molecule has 1 atom stereocenters. The number of fused-ring (bicyclic) bond motifs is 1. The maximum Gasteiger partial charge on any atom is 0.245 e. The predicted molar refractivity (Wildman–Crippen MR) is 84.6 cm³/mol. The zero-order valence-electron chi connectivity index (χ0n) is 12.6. The fourth-order valence-electron chi connectivity index (χ4n) is 3.40. The Morgan fingerprint density at radius 1 is 1.09 bits per heavy atom. The molecule has 0 aliphatic carbocycles. The van der Waals surface area contributed by atoms with Crippen LogP contribution in [0.2, 0.25) is 0 Å². The molecule has 2 fully saturated rings. The number of hydrogen-bond donors (Lipinski definition) is 0. The van der Waals surface area contributed by atoms with Gasteiger partial charge >= 0.3 is 0 Å². The minimum absolute atomic E-state index is 0.253. The van der Waals surface area contributed by atoms with Crippen LogP contribution in [-0.2, 0) is 19.5 Å². The maximum atomic E-state index is 13.3. The first-order chi connectivity index (χ1) is 11.1. The zero-order valence-corrected chi connectivity index (χ0v) is 13.5. The van der Waals surface area contributed by atoms with Crippen molar-refractivity contribution in [2.24, 2.45) is 0 Å². The van der Waals surface area contributed by atoms with E-state index in [0.29, 0.717) is 44.9 Å². The van der Waals surface area contributed by atoms with Crippen molar-refractivity contribution >= 4 is 20.9 Å². The first kappa shape index (κ1) is 15.0. The smallest absolute Gasteiger partial charge is 0.245 e. The highest BCUT2D eigenvalue weighted by atomic mass is 32.2. The molecule has 1 aromatic carbocycles. The standard InChI is InChI=1S/C16H18N2O4S/c19-23(20,14-5-1-3-13-4-2-7-17-15(13)14)18-8-10-22-12-16(18)6-9-21-11-16/h1-5,7H,6,8-12H2/t16-/m1/s1. The summed E-state index contributed by atoms with van der Waals surface area (Å²) in [5.41, 5.74) is -0.0795. The van der Waals surface area contributed by atoms with Crippen LogP contribution in [0.5, 0.6) is 0 Å². The minimum Gasteiger partial charge on any atom is -0.379 e. The first-order valence-electron chi connectivity index (χ1n) is 7.66. The molecule has 1 aromatic heterocycles. The van der Waals surface area contributed by atoms with Crippen LogP contribution in [0.4, 0.5) is 0 Å². The van der Waals surface area contributed by atoms with Crippen LogP contribution in [0.15, 0.2) is 41.4 Å². The Morgan fingerprint density at radius 2 is 1.87 bits per heavy atom. The molecule has 0 bridgehead atoms. The number of para-hydroxylation sites is 1. The van der Waals surface area contributed by atoms with E-state index in [9.17, 15) is 8.42 Å². The Balaban J connectivity index is 1.85. The van der Waals surface area contributed by atoms with E-state index in [0.717, 1.165) is 5.39 Å². The van der Waals surface area contributed by atoms with Gasteiger partial charge in [-0.05, 0) is 18.6 Å². The molecule has 1 spiro atoms. The first-order valence-corrected chi connectivity index (χ1v) is 9.10. The molecule has 2 aliphatic heterocycles. The van der Waals surface area contributed by atoms with E-state index < -0.39 is 15.6 Å². The topological polar surface area (TPSA) is 68.7 Å². The van der Waals surface area contributed by atoms with Crippen LogP contribution in [0.1, 0.15) is 6.42 Å². The number of hydrogen-bond acceptors (Lipinski definition) is 5. The third-order valence-electron chi connectivity index (χ3n) is 4.58. The van der Waals surface area contributed by atoms with Crippen LogP contribution in [0, 0.1) is 0 Å². The van der Waals surface area contributed by atoms with E-state index >= 15 is 0 Å². The Kier molecular flexibility index (Phi) is 3.60. The predicted octanol–water partition coefficient (Wildman–Crippen LogP) is 1.41. The van der Waals surface area contributed by atoms with Gasteiger partial charge in [-0.1, -0.05) is 18.2 Å². The van der Waals surface area contributed by atoms with E-state index in [1.807, 2.05) is 12.1 Å². The SMILES string of the molecule is O=S(=O)(c1cccc2cccnc12)N1CCOC[C@]12CCOC2. The van der Waals surface area contributed by atoms with Crippen LogP contribution >= 0.6 is 0 Å². The number of pyridine rings is 1. The molecule has 7 heteroatoms. The lowest BCUT2D eigenvalue weighted by atomic mass is 9.99. The van der Waals surface area contributed by atoms with Crippen molar-refractivity contribution in [1.29, 1.82) is 0 Å². The second kappa shape index (κ2) is 5.52. The third kappa shape index (κ3) is 2.35. The summed E-state index contributed by atoms with van der Waals surface area (Å²) in [7, 11) is -3.67. The summed E-state index contributed by atoms with van der Waals surface area (Å²) in [4.78, 5) is 4.54. The van der Waals surface area contributed by atoms with Gasteiger partial charge in [-0.25, -0.2) is 8.42 Å². The van der Waals surface area contributed by atoms with Crippen LogP contribution < -0.4 is 0 Å². The number of benzene rings is 1. The normalized spacial score (nSPS) is 26.1. The molecule has 0 N–H and O–H groups in total. The van der Waals surface area contributed by atoms with Crippen LogP contribution in [0.3, 0.4) is 0 Å². The summed E-state index contributed by atoms with van der Waals surface area (Å²) in [6, 6.07) is 8.93. The van der Waals surface area contributed by atoms with Gasteiger partial charge in [0.2, 0.25) is 10.0 Å². The molecular weight excluding hydrogens is 316 g/mol. The minimum atomic E-state index is -3.67. The molecule has 4 rings (SSSR count). The zero-order chi connectivity index (χ0) is 15.9. The van der Waals surface area contributed by atoms with E-state index in [4.69, 9.17) is 9.47 Å². The van der Waals surface area contributed by atoms with Gasteiger partial charge in [0.25, 0.3) is 0 Å². The van der Waals surface area contributed by atoms with Crippen molar-refractivity contribution in [2.75, 3.05) is 33.0 Å². The van der Waals surface area contributed by atoms with E-state index in [1.165, 1.54) is 0 Å². The third-order valence-corrected chi connectivity index (χ3v) is 6.62. The van der Waals surface area contributed by atoms with Gasteiger partial charge in [-0.15, -0.1) is 0 Å². The number of morpholine rings is 1. The lowest BCUT2D eigenvalue weighted by molar-refractivity contribution is -0.0292. The van der Waals surface area contributed by atoms with Crippen LogP contribution in [-0.4, -0.2) is 56.2 Å². The van der Waals surface area contributed by atoms with Crippen molar-refractivity contribution in [3.8, 4) is 0 Å². The van der Waals surface area contributed by atoms with Gasteiger partial charge < -0.3 is 9.47 Å². The van der Waals surface area contributed by atoms with Gasteiger partial charge in [0.05, 0.1) is 30.9 Å². The summed E-state index contributed by atoms with van der Waals surface area (Å²) >= 11 is 0. The van der Waals surface area contributed by atoms with Gasteiger partial charge in [-0.3, -0.25) is 4.98 Å². The maximum absolute atomic E-state index is 13.3. The average molecular weight is 334 g/mol. The molecule has 2 aliphatic rings.